The van der Waals surface area contributed by atoms with Crippen LogP contribution >= 0.6 is 11.6 Å². The highest BCUT2D eigenvalue weighted by atomic mass is 35.5. The molecule has 0 saturated carbocycles. The zero-order valence-corrected chi connectivity index (χ0v) is 17.6. The van der Waals surface area contributed by atoms with Gasteiger partial charge in [0.05, 0.1) is 17.5 Å². The van der Waals surface area contributed by atoms with Crippen molar-refractivity contribution in [3.63, 3.8) is 0 Å². The van der Waals surface area contributed by atoms with Crippen molar-refractivity contribution in [1.29, 1.82) is 0 Å². The maximum Gasteiger partial charge on any atom is 0.313 e. The molecule has 3 rings (SSSR count). The summed E-state index contributed by atoms with van der Waals surface area (Å²) in [5, 5.41) is 9.91. The molecule has 0 amide bonds. The third-order valence-corrected chi connectivity index (χ3v) is 5.06. The van der Waals surface area contributed by atoms with E-state index in [-0.39, 0.29) is 27.7 Å². The maximum absolute atomic E-state index is 14.9. The van der Waals surface area contributed by atoms with Crippen LogP contribution < -0.4 is 0 Å². The van der Waals surface area contributed by atoms with E-state index in [0.29, 0.717) is 5.02 Å². The largest absolute Gasteiger partial charge is 0.503 e. The highest BCUT2D eigenvalue weighted by Gasteiger charge is 2.31. The van der Waals surface area contributed by atoms with E-state index in [4.69, 9.17) is 16.3 Å². The summed E-state index contributed by atoms with van der Waals surface area (Å²) in [4.78, 5) is 25.7. The van der Waals surface area contributed by atoms with Crippen molar-refractivity contribution in [3.05, 3.63) is 63.8 Å². The van der Waals surface area contributed by atoms with Gasteiger partial charge in [0, 0.05) is 27.7 Å². The van der Waals surface area contributed by atoms with Gasteiger partial charge >= 0.3 is 5.97 Å². The van der Waals surface area contributed by atoms with Crippen LogP contribution in [0.4, 0.5) is 8.78 Å². The predicted octanol–water partition coefficient (Wildman–Crippen LogP) is 5.33. The smallest absolute Gasteiger partial charge is 0.313 e. The van der Waals surface area contributed by atoms with Gasteiger partial charge in [-0.1, -0.05) is 17.7 Å². The average molecular weight is 436 g/mol. The second kappa shape index (κ2) is 8.07. The maximum atomic E-state index is 14.9. The molecule has 0 saturated heterocycles. The molecule has 0 spiro atoms. The van der Waals surface area contributed by atoms with Gasteiger partial charge in [0.1, 0.15) is 0 Å². The monoisotopic (exact) mass is 435 g/mol. The van der Waals surface area contributed by atoms with Crippen molar-refractivity contribution in [3.8, 4) is 5.75 Å². The van der Waals surface area contributed by atoms with Crippen molar-refractivity contribution in [1.82, 2.24) is 4.57 Å². The lowest BCUT2D eigenvalue weighted by atomic mass is 9.97. The second-order valence-corrected chi connectivity index (χ2v) is 7.71. The van der Waals surface area contributed by atoms with Crippen LogP contribution in [0.25, 0.3) is 10.9 Å². The molecular weight excluding hydrogens is 416 g/mol. The number of benzene rings is 2. The van der Waals surface area contributed by atoms with Gasteiger partial charge < -0.3 is 9.84 Å². The van der Waals surface area contributed by atoms with Gasteiger partial charge in [-0.2, -0.15) is 0 Å². The first-order valence-corrected chi connectivity index (χ1v) is 9.65. The van der Waals surface area contributed by atoms with Gasteiger partial charge in [-0.3, -0.25) is 14.2 Å². The van der Waals surface area contributed by atoms with Gasteiger partial charge in [0.15, 0.2) is 17.4 Å². The topological polar surface area (TPSA) is 68.5 Å². The molecule has 1 heterocycles. The lowest BCUT2D eigenvalue weighted by Gasteiger charge is -2.15. The predicted molar refractivity (Wildman–Crippen MR) is 109 cm³/mol. The van der Waals surface area contributed by atoms with Crippen LogP contribution in [-0.4, -0.2) is 27.7 Å². The van der Waals surface area contributed by atoms with Crippen LogP contribution in [0.5, 0.6) is 5.75 Å². The number of phenols is 1. The third kappa shape index (κ3) is 3.65. The summed E-state index contributed by atoms with van der Waals surface area (Å²) < 4.78 is 35.4. The molecular formula is C22H20ClF2NO4. The molecule has 2 aromatic carbocycles. The summed E-state index contributed by atoms with van der Waals surface area (Å²) in [6, 6.07) is 6.98. The number of esters is 1. The van der Waals surface area contributed by atoms with Gasteiger partial charge in [-0.25, -0.2) is 8.78 Å². The van der Waals surface area contributed by atoms with E-state index in [1.54, 1.807) is 26.0 Å². The Kier molecular flexibility index (Phi) is 5.85. The fourth-order valence-electron chi connectivity index (χ4n) is 3.51. The zero-order chi connectivity index (χ0) is 22.3. The van der Waals surface area contributed by atoms with Gasteiger partial charge in [-0.15, -0.1) is 0 Å². The zero-order valence-electron chi connectivity index (χ0n) is 16.8. The van der Waals surface area contributed by atoms with Crippen LogP contribution in [0.1, 0.15) is 48.3 Å². The van der Waals surface area contributed by atoms with Gasteiger partial charge in [-0.05, 0) is 51.5 Å². The Morgan fingerprint density at radius 3 is 2.43 bits per heavy atom. The molecule has 1 atom stereocenters. The first kappa shape index (κ1) is 21.8. The van der Waals surface area contributed by atoms with E-state index in [9.17, 15) is 23.5 Å². The van der Waals surface area contributed by atoms with Crippen molar-refractivity contribution in [2.24, 2.45) is 0 Å². The molecule has 0 aliphatic heterocycles. The molecule has 5 nitrogen and oxygen atoms in total. The minimum atomic E-state index is -1.25. The highest BCUT2D eigenvalue weighted by molar-refractivity contribution is 6.31. The number of carbonyl (C=O) groups is 2. The van der Waals surface area contributed by atoms with E-state index in [0.717, 1.165) is 10.6 Å². The van der Waals surface area contributed by atoms with Crippen molar-refractivity contribution >= 4 is 34.4 Å². The Hall–Kier alpha value is -2.93. The number of aromatic nitrogens is 1. The third-order valence-electron chi connectivity index (χ3n) is 4.82. The van der Waals surface area contributed by atoms with Crippen LogP contribution in [0, 0.1) is 18.6 Å². The van der Waals surface area contributed by atoms with E-state index in [1.165, 1.54) is 26.0 Å². The molecule has 158 valence electrons. The van der Waals surface area contributed by atoms with Gasteiger partial charge in [0.2, 0.25) is 0 Å². The van der Waals surface area contributed by atoms with E-state index in [2.05, 4.69) is 0 Å². The number of phenolic OH excluding ortho intramolecular Hbond substituents is 1. The molecule has 30 heavy (non-hydrogen) atoms. The molecule has 0 unspecified atom stereocenters. The Morgan fingerprint density at radius 2 is 1.83 bits per heavy atom. The molecule has 8 heteroatoms. The van der Waals surface area contributed by atoms with Crippen molar-refractivity contribution < 1.29 is 28.2 Å². The van der Waals surface area contributed by atoms with Crippen molar-refractivity contribution in [2.45, 2.75) is 39.7 Å². The number of halogens is 3. The molecule has 0 fully saturated rings. The summed E-state index contributed by atoms with van der Waals surface area (Å²) in [7, 11) is 0. The van der Waals surface area contributed by atoms with Crippen LogP contribution in [0.15, 0.2) is 30.3 Å². The molecule has 1 N–H and O–H groups in total. The van der Waals surface area contributed by atoms with Crippen LogP contribution in [0.2, 0.25) is 5.02 Å². The number of aromatic hydroxyl groups is 1. The number of fused-ring (bicyclic) bond motifs is 1. The van der Waals surface area contributed by atoms with Gasteiger partial charge in [0.25, 0.3) is 5.91 Å². The Labute approximate surface area is 176 Å². The lowest BCUT2D eigenvalue weighted by Crippen LogP contribution is -2.19. The average Bonchev–Trinajstić information content (AvgIpc) is 2.96. The van der Waals surface area contributed by atoms with Crippen LogP contribution in [0.3, 0.4) is 0 Å². The number of carbonyl (C=O) groups excluding carboxylic acids is 2. The summed E-state index contributed by atoms with van der Waals surface area (Å²) in [5.74, 6) is -5.83. The minimum absolute atomic E-state index is 0.107. The first-order chi connectivity index (χ1) is 14.0. The Balaban J connectivity index is 2.32. The molecule has 0 aliphatic rings. The number of nitrogens with zero attached hydrogens (tertiary/aromatic N) is 1. The number of rotatable bonds is 4. The Bertz CT molecular complexity index is 1170. The van der Waals surface area contributed by atoms with E-state index in [1.807, 2.05) is 0 Å². The number of hydrogen-bond donors (Lipinski definition) is 1. The standard InChI is InChI=1S/C22H20ClF2NO4/c1-10(2)30-22(29)11(3)17-12(4)26(21(28)13-6-5-7-14(23)8-13)16-9-15(24)20(27)19(25)18(16)17/h5-11,27H,1-4H3/t11-/m0/s1. The molecule has 0 aliphatic carbocycles. The lowest BCUT2D eigenvalue weighted by molar-refractivity contribution is -0.148. The summed E-state index contributed by atoms with van der Waals surface area (Å²) in [6.45, 7) is 6.36. The number of ether oxygens (including phenoxy) is 1. The molecule has 0 bridgehead atoms. The van der Waals surface area contributed by atoms with E-state index < -0.39 is 41.3 Å². The Morgan fingerprint density at radius 1 is 1.17 bits per heavy atom. The SMILES string of the molecule is Cc1c([C@H](C)C(=O)OC(C)C)c2c(F)c(O)c(F)cc2n1C(=O)c1cccc(Cl)c1. The fourth-order valence-corrected chi connectivity index (χ4v) is 3.70. The van der Waals surface area contributed by atoms with E-state index >= 15 is 0 Å². The molecule has 0 radical (unpaired) electrons. The number of hydrogen-bond acceptors (Lipinski definition) is 4. The quantitative estimate of drug-likeness (QED) is 0.562. The summed E-state index contributed by atoms with van der Waals surface area (Å²) in [5.41, 5.74) is 0.454. The van der Waals surface area contributed by atoms with Crippen LogP contribution in [-0.2, 0) is 9.53 Å². The second-order valence-electron chi connectivity index (χ2n) is 7.27. The summed E-state index contributed by atoms with van der Waals surface area (Å²) in [6.07, 6.45) is -0.405. The molecule has 1 aromatic heterocycles. The first-order valence-electron chi connectivity index (χ1n) is 9.27. The highest BCUT2D eigenvalue weighted by Crippen LogP contribution is 2.39. The molecule has 3 aromatic rings. The minimum Gasteiger partial charge on any atom is -0.503 e. The normalized spacial score (nSPS) is 12.4. The fraction of sp³-hybridized carbons (Fsp3) is 0.273. The van der Waals surface area contributed by atoms with Crippen molar-refractivity contribution in [2.75, 3.05) is 0 Å². The summed E-state index contributed by atoms with van der Waals surface area (Å²) >= 11 is 5.98.